The summed E-state index contributed by atoms with van der Waals surface area (Å²) in [6, 6.07) is 15.1. The van der Waals surface area contributed by atoms with E-state index in [-0.39, 0.29) is 17.2 Å². The Morgan fingerprint density at radius 3 is 2.78 bits per heavy atom. The van der Waals surface area contributed by atoms with Crippen molar-refractivity contribution < 1.29 is 13.9 Å². The number of hydrogen-bond acceptors (Lipinski definition) is 6. The number of ether oxygens (including phenoxy) is 2. The van der Waals surface area contributed by atoms with Gasteiger partial charge in [-0.3, -0.25) is 0 Å². The summed E-state index contributed by atoms with van der Waals surface area (Å²) in [5.74, 6) is 0.765. The molecule has 27 heavy (non-hydrogen) atoms. The van der Waals surface area contributed by atoms with Gasteiger partial charge < -0.3 is 9.47 Å². The van der Waals surface area contributed by atoms with Crippen molar-refractivity contribution in [3.05, 3.63) is 65.3 Å². The second-order valence-electron chi connectivity index (χ2n) is 5.58. The normalized spacial score (nSPS) is 10.6. The predicted octanol–water partition coefficient (Wildman–Crippen LogP) is 5.17. The first-order valence-electron chi connectivity index (χ1n) is 7.95. The van der Waals surface area contributed by atoms with Crippen LogP contribution in [0.2, 0.25) is 0 Å². The van der Waals surface area contributed by atoms with E-state index >= 15 is 0 Å². The highest BCUT2D eigenvalue weighted by Gasteiger charge is 2.15. The van der Waals surface area contributed by atoms with Crippen molar-refractivity contribution in [2.45, 2.75) is 0 Å². The third kappa shape index (κ3) is 3.30. The van der Waals surface area contributed by atoms with Gasteiger partial charge in [-0.25, -0.2) is 9.37 Å². The lowest BCUT2D eigenvalue weighted by molar-refractivity contribution is 0.415. The summed E-state index contributed by atoms with van der Waals surface area (Å²) in [4.78, 5) is 9.05. The maximum Gasteiger partial charge on any atom is 0.241 e. The number of hydrogen-bond donors (Lipinski definition) is 0. The van der Waals surface area contributed by atoms with E-state index in [0.29, 0.717) is 21.8 Å². The van der Waals surface area contributed by atoms with E-state index in [1.54, 1.807) is 7.11 Å². The Morgan fingerprint density at radius 2 is 2.00 bits per heavy atom. The molecule has 0 fully saturated rings. The molecule has 0 bridgehead atoms. The van der Waals surface area contributed by atoms with E-state index in [0.717, 1.165) is 11.6 Å². The predicted molar refractivity (Wildman–Crippen MR) is 101 cm³/mol. The molecule has 0 saturated heterocycles. The third-order valence-electron chi connectivity index (χ3n) is 3.87. The molecule has 132 valence electrons. The zero-order chi connectivity index (χ0) is 18.8. The lowest BCUT2D eigenvalue weighted by atomic mass is 10.2. The summed E-state index contributed by atoms with van der Waals surface area (Å²) >= 11 is 1.41. The van der Waals surface area contributed by atoms with Crippen molar-refractivity contribution in [3.63, 3.8) is 0 Å². The van der Waals surface area contributed by atoms with Gasteiger partial charge in [0.1, 0.15) is 10.4 Å². The topological polar surface area (TPSA) is 68.0 Å². The standard InChI is InChI=1S/C20H12FN3O2S/c1-25-14-4-2-3-13(10-14)19-23-16-7-8-27-18(16)20(24-19)26-17-6-5-12(11-22)9-15(17)21/h2-10H,1H3. The van der Waals surface area contributed by atoms with Gasteiger partial charge in [-0.2, -0.15) is 10.2 Å². The van der Waals surface area contributed by atoms with Crippen molar-refractivity contribution >= 4 is 21.6 Å². The number of thiophene rings is 1. The first-order valence-corrected chi connectivity index (χ1v) is 8.83. The molecule has 0 saturated carbocycles. The average Bonchev–Trinajstić information content (AvgIpc) is 3.18. The zero-order valence-electron chi connectivity index (χ0n) is 14.1. The molecule has 2 aromatic heterocycles. The van der Waals surface area contributed by atoms with Crippen LogP contribution in [-0.2, 0) is 0 Å². The lowest BCUT2D eigenvalue weighted by Crippen LogP contribution is -1.96. The Balaban J connectivity index is 1.80. The number of nitrogens with zero attached hydrogens (tertiary/aromatic N) is 3. The van der Waals surface area contributed by atoms with Gasteiger partial charge >= 0.3 is 0 Å². The third-order valence-corrected chi connectivity index (χ3v) is 4.76. The number of nitriles is 1. The SMILES string of the molecule is COc1cccc(-c2nc(Oc3ccc(C#N)cc3F)c3sccc3n2)c1. The minimum atomic E-state index is -0.625. The Labute approximate surface area is 158 Å². The summed E-state index contributed by atoms with van der Waals surface area (Å²) in [5, 5.41) is 10.7. The molecule has 4 aromatic rings. The van der Waals surface area contributed by atoms with Gasteiger partial charge in [-0.1, -0.05) is 12.1 Å². The molecule has 0 N–H and O–H groups in total. The quantitative estimate of drug-likeness (QED) is 0.491. The summed E-state index contributed by atoms with van der Waals surface area (Å²) in [6.45, 7) is 0. The molecule has 0 unspecified atom stereocenters. The highest BCUT2D eigenvalue weighted by molar-refractivity contribution is 7.17. The highest BCUT2D eigenvalue weighted by Crippen LogP contribution is 2.35. The molecule has 0 spiro atoms. The van der Waals surface area contributed by atoms with Crippen LogP contribution < -0.4 is 9.47 Å². The number of rotatable bonds is 4. The fraction of sp³-hybridized carbons (Fsp3) is 0.0500. The zero-order valence-corrected chi connectivity index (χ0v) is 15.0. The second kappa shape index (κ2) is 7.02. The van der Waals surface area contributed by atoms with Gasteiger partial charge in [0, 0.05) is 5.56 Å². The molecule has 7 heteroatoms. The van der Waals surface area contributed by atoms with Crippen LogP contribution in [0.4, 0.5) is 4.39 Å². The van der Waals surface area contributed by atoms with Crippen LogP contribution in [0.1, 0.15) is 5.56 Å². The Bertz CT molecular complexity index is 1180. The van der Waals surface area contributed by atoms with Gasteiger partial charge in [0.2, 0.25) is 5.88 Å². The molecule has 0 aliphatic rings. The van der Waals surface area contributed by atoms with Crippen LogP contribution in [0.15, 0.2) is 53.9 Å². The maximum absolute atomic E-state index is 14.2. The summed E-state index contributed by atoms with van der Waals surface area (Å²) < 4.78 is 25.9. The van der Waals surface area contributed by atoms with Crippen LogP contribution in [0.25, 0.3) is 21.6 Å². The van der Waals surface area contributed by atoms with Gasteiger partial charge in [0.25, 0.3) is 0 Å². The van der Waals surface area contributed by atoms with Gasteiger partial charge in [0.05, 0.1) is 24.3 Å². The number of benzene rings is 2. The molecule has 0 radical (unpaired) electrons. The average molecular weight is 377 g/mol. The van der Waals surface area contributed by atoms with Crippen LogP contribution in [0, 0.1) is 17.1 Å². The van der Waals surface area contributed by atoms with Crippen molar-refractivity contribution in [2.24, 2.45) is 0 Å². The van der Waals surface area contributed by atoms with E-state index in [1.165, 1.54) is 23.5 Å². The van der Waals surface area contributed by atoms with Crippen molar-refractivity contribution in [1.82, 2.24) is 9.97 Å². The van der Waals surface area contributed by atoms with Crippen LogP contribution in [-0.4, -0.2) is 17.1 Å². The number of halogens is 1. The molecular formula is C20H12FN3O2S. The molecule has 5 nitrogen and oxygen atoms in total. The van der Waals surface area contributed by atoms with Gasteiger partial charge in [-0.15, -0.1) is 11.3 Å². The van der Waals surface area contributed by atoms with E-state index in [1.807, 2.05) is 41.8 Å². The molecule has 0 amide bonds. The first kappa shape index (κ1) is 16.9. The van der Waals surface area contributed by atoms with Gasteiger partial charge in [-0.05, 0) is 41.8 Å². The molecule has 2 aromatic carbocycles. The Morgan fingerprint density at radius 1 is 1.11 bits per heavy atom. The smallest absolute Gasteiger partial charge is 0.241 e. The highest BCUT2D eigenvalue weighted by atomic mass is 32.1. The fourth-order valence-corrected chi connectivity index (χ4v) is 3.31. The Kier molecular flexibility index (Phi) is 4.40. The van der Waals surface area contributed by atoms with Crippen molar-refractivity contribution in [1.29, 1.82) is 5.26 Å². The molecular weight excluding hydrogens is 365 g/mol. The fourth-order valence-electron chi connectivity index (χ4n) is 2.55. The molecule has 0 atom stereocenters. The van der Waals surface area contributed by atoms with E-state index in [2.05, 4.69) is 9.97 Å². The first-order chi connectivity index (χ1) is 13.2. The van der Waals surface area contributed by atoms with E-state index < -0.39 is 5.82 Å². The summed E-state index contributed by atoms with van der Waals surface area (Å²) in [5.41, 5.74) is 1.69. The number of aromatic nitrogens is 2. The minimum absolute atomic E-state index is 0.000933. The summed E-state index contributed by atoms with van der Waals surface area (Å²) in [6.07, 6.45) is 0. The molecule has 4 rings (SSSR count). The number of methoxy groups -OCH3 is 1. The van der Waals surface area contributed by atoms with Gasteiger partial charge in [0.15, 0.2) is 17.4 Å². The molecule has 0 aliphatic heterocycles. The maximum atomic E-state index is 14.2. The second-order valence-corrected chi connectivity index (χ2v) is 6.49. The number of fused-ring (bicyclic) bond motifs is 1. The van der Waals surface area contributed by atoms with Crippen molar-refractivity contribution in [2.75, 3.05) is 7.11 Å². The lowest BCUT2D eigenvalue weighted by Gasteiger charge is -2.09. The van der Waals surface area contributed by atoms with Crippen LogP contribution in [0.5, 0.6) is 17.4 Å². The van der Waals surface area contributed by atoms with E-state index in [9.17, 15) is 4.39 Å². The van der Waals surface area contributed by atoms with E-state index in [4.69, 9.17) is 14.7 Å². The van der Waals surface area contributed by atoms with Crippen LogP contribution >= 0.6 is 11.3 Å². The van der Waals surface area contributed by atoms with Crippen molar-refractivity contribution in [3.8, 4) is 34.8 Å². The van der Waals surface area contributed by atoms with Crippen LogP contribution in [0.3, 0.4) is 0 Å². The molecule has 0 aliphatic carbocycles. The largest absolute Gasteiger partial charge is 0.497 e. The molecule has 2 heterocycles. The summed E-state index contributed by atoms with van der Waals surface area (Å²) in [7, 11) is 1.59. The Hall–Kier alpha value is -3.50. The minimum Gasteiger partial charge on any atom is -0.497 e. The monoisotopic (exact) mass is 377 g/mol.